The van der Waals surface area contributed by atoms with Crippen molar-refractivity contribution in [2.45, 2.75) is 38.1 Å². The highest BCUT2D eigenvalue weighted by Gasteiger charge is 2.25. The lowest BCUT2D eigenvalue weighted by Gasteiger charge is -2.29. The van der Waals surface area contributed by atoms with Gasteiger partial charge < -0.3 is 19.3 Å². The van der Waals surface area contributed by atoms with Gasteiger partial charge in [-0.15, -0.1) is 0 Å². The number of carboxylic acids is 1. The Morgan fingerprint density at radius 2 is 1.73 bits per heavy atom. The molecule has 1 N–H and O–H groups in total. The van der Waals surface area contributed by atoms with Crippen molar-refractivity contribution in [1.29, 1.82) is 0 Å². The molecular weight excluding hydrogens is 288 g/mol. The van der Waals surface area contributed by atoms with E-state index < -0.39 is 18.4 Å². The van der Waals surface area contributed by atoms with Crippen LogP contribution in [-0.4, -0.2) is 36.4 Å². The highest BCUT2D eigenvalue weighted by Crippen LogP contribution is 2.23. The Morgan fingerprint density at radius 3 is 2.36 bits per heavy atom. The molecule has 0 atom stereocenters. The minimum atomic E-state index is -0.852. The summed E-state index contributed by atoms with van der Waals surface area (Å²) in [6, 6.07) is 9.57. The molecule has 0 aromatic heterocycles. The number of hydrogen-bond acceptors (Lipinski definition) is 5. The van der Waals surface area contributed by atoms with Gasteiger partial charge in [-0.05, 0) is 12.8 Å². The first-order valence-electron chi connectivity index (χ1n) is 7.34. The molecule has 0 aliphatic carbocycles. The van der Waals surface area contributed by atoms with Crippen LogP contribution in [-0.2, 0) is 23.8 Å². The number of hydrogen-bond donors (Lipinski definition) is 1. The number of carbonyl (C=O) groups excluding carboxylic acids is 1. The maximum atomic E-state index is 11.6. The Balaban J connectivity index is 1.64. The standard InChI is InChI=1S/C16H20O6/c17-14(18)8-4-5-9-15(19)22-13-10-20-16(21-11-13)12-6-2-1-3-7-12/h1-3,6-7,13,16H,4-5,8-11H2,(H,17,18). The highest BCUT2D eigenvalue weighted by molar-refractivity contribution is 5.70. The molecule has 1 aromatic carbocycles. The third-order valence-corrected chi connectivity index (χ3v) is 3.26. The number of unbranched alkanes of at least 4 members (excludes halogenated alkanes) is 1. The van der Waals surface area contributed by atoms with E-state index in [9.17, 15) is 9.59 Å². The predicted molar refractivity (Wildman–Crippen MR) is 77.1 cm³/mol. The summed E-state index contributed by atoms with van der Waals surface area (Å²) in [5, 5.41) is 8.51. The van der Waals surface area contributed by atoms with Crippen LogP contribution in [0.2, 0.25) is 0 Å². The van der Waals surface area contributed by atoms with Gasteiger partial charge in [0.25, 0.3) is 0 Å². The van der Waals surface area contributed by atoms with Gasteiger partial charge in [-0.3, -0.25) is 9.59 Å². The number of esters is 1. The van der Waals surface area contributed by atoms with Gasteiger partial charge >= 0.3 is 11.9 Å². The Morgan fingerprint density at radius 1 is 1.09 bits per heavy atom. The lowest BCUT2D eigenvalue weighted by atomic mass is 10.2. The molecule has 1 aliphatic rings. The summed E-state index contributed by atoms with van der Waals surface area (Å²) in [7, 11) is 0. The fraction of sp³-hybridized carbons (Fsp3) is 0.500. The molecule has 0 saturated carbocycles. The van der Waals surface area contributed by atoms with E-state index in [1.54, 1.807) is 0 Å². The average molecular weight is 308 g/mol. The van der Waals surface area contributed by atoms with Crippen molar-refractivity contribution in [1.82, 2.24) is 0 Å². The molecule has 6 nitrogen and oxygen atoms in total. The SMILES string of the molecule is O=C(O)CCCCC(=O)OC1COC(c2ccccc2)OC1. The van der Waals surface area contributed by atoms with E-state index in [2.05, 4.69) is 0 Å². The minimum absolute atomic E-state index is 0.0711. The Kier molecular flexibility index (Phi) is 6.36. The smallest absolute Gasteiger partial charge is 0.306 e. The van der Waals surface area contributed by atoms with Crippen LogP contribution in [0.15, 0.2) is 30.3 Å². The van der Waals surface area contributed by atoms with E-state index in [0.29, 0.717) is 26.1 Å². The van der Waals surface area contributed by atoms with E-state index in [4.69, 9.17) is 19.3 Å². The molecule has 1 saturated heterocycles. The van der Waals surface area contributed by atoms with Gasteiger partial charge in [0.1, 0.15) is 6.10 Å². The van der Waals surface area contributed by atoms with Crippen molar-refractivity contribution in [3.05, 3.63) is 35.9 Å². The van der Waals surface area contributed by atoms with E-state index in [1.165, 1.54) is 0 Å². The van der Waals surface area contributed by atoms with Crippen LogP contribution < -0.4 is 0 Å². The Labute approximate surface area is 129 Å². The summed E-state index contributed by atoms with van der Waals surface area (Å²) in [6.45, 7) is 0.584. The van der Waals surface area contributed by atoms with E-state index in [0.717, 1.165) is 5.56 Å². The van der Waals surface area contributed by atoms with Gasteiger partial charge in [0.05, 0.1) is 13.2 Å². The van der Waals surface area contributed by atoms with Gasteiger partial charge in [-0.25, -0.2) is 0 Å². The van der Waals surface area contributed by atoms with Crippen molar-refractivity contribution in [3.8, 4) is 0 Å². The lowest BCUT2D eigenvalue weighted by molar-refractivity contribution is -0.229. The first-order chi connectivity index (χ1) is 10.6. The van der Waals surface area contributed by atoms with Crippen LogP contribution in [0.5, 0.6) is 0 Å². The van der Waals surface area contributed by atoms with Gasteiger partial charge in [0, 0.05) is 18.4 Å². The van der Waals surface area contributed by atoms with Crippen LogP contribution in [0.3, 0.4) is 0 Å². The topological polar surface area (TPSA) is 82.1 Å². The second kappa shape index (κ2) is 8.51. The van der Waals surface area contributed by atoms with E-state index in [-0.39, 0.29) is 18.8 Å². The highest BCUT2D eigenvalue weighted by atomic mass is 16.7. The number of rotatable bonds is 7. The maximum absolute atomic E-state index is 11.6. The molecule has 1 fully saturated rings. The van der Waals surface area contributed by atoms with Crippen molar-refractivity contribution >= 4 is 11.9 Å². The number of ether oxygens (including phenoxy) is 3. The molecule has 120 valence electrons. The van der Waals surface area contributed by atoms with E-state index in [1.807, 2.05) is 30.3 Å². The second-order valence-corrected chi connectivity index (χ2v) is 5.12. The minimum Gasteiger partial charge on any atom is -0.481 e. The zero-order valence-corrected chi connectivity index (χ0v) is 12.3. The monoisotopic (exact) mass is 308 g/mol. The first kappa shape index (κ1) is 16.5. The Bertz CT molecular complexity index is 479. The van der Waals surface area contributed by atoms with Gasteiger partial charge in [-0.1, -0.05) is 30.3 Å². The zero-order chi connectivity index (χ0) is 15.8. The summed E-state index contributed by atoms with van der Waals surface area (Å²) in [6.07, 6.45) is 0.427. The molecule has 0 amide bonds. The third kappa shape index (κ3) is 5.46. The third-order valence-electron chi connectivity index (χ3n) is 3.26. The fourth-order valence-electron chi connectivity index (χ4n) is 2.15. The Hall–Kier alpha value is -1.92. The number of carboxylic acid groups (broad SMARTS) is 1. The van der Waals surface area contributed by atoms with Crippen LogP contribution in [0.1, 0.15) is 37.5 Å². The summed E-state index contributed by atoms with van der Waals surface area (Å²) < 4.78 is 16.4. The molecule has 1 aliphatic heterocycles. The molecule has 0 unspecified atom stereocenters. The molecule has 0 radical (unpaired) electrons. The van der Waals surface area contributed by atoms with E-state index >= 15 is 0 Å². The zero-order valence-electron chi connectivity index (χ0n) is 12.3. The summed E-state index contributed by atoms with van der Waals surface area (Å²) in [5.41, 5.74) is 0.931. The lowest BCUT2D eigenvalue weighted by Crippen LogP contribution is -2.35. The van der Waals surface area contributed by atoms with Crippen LogP contribution in [0.25, 0.3) is 0 Å². The molecule has 0 bridgehead atoms. The summed E-state index contributed by atoms with van der Waals surface area (Å²) >= 11 is 0. The number of carbonyl (C=O) groups is 2. The van der Waals surface area contributed by atoms with Crippen molar-refractivity contribution in [2.24, 2.45) is 0 Å². The van der Waals surface area contributed by atoms with Crippen molar-refractivity contribution in [2.75, 3.05) is 13.2 Å². The summed E-state index contributed by atoms with van der Waals surface area (Å²) in [4.78, 5) is 22.0. The van der Waals surface area contributed by atoms with Crippen LogP contribution in [0.4, 0.5) is 0 Å². The second-order valence-electron chi connectivity index (χ2n) is 5.12. The molecule has 1 aromatic rings. The van der Waals surface area contributed by atoms with Crippen LogP contribution >= 0.6 is 0 Å². The first-order valence-corrected chi connectivity index (χ1v) is 7.34. The predicted octanol–water partition coefficient (Wildman–Crippen LogP) is 2.29. The average Bonchev–Trinajstić information content (AvgIpc) is 2.53. The molecule has 2 rings (SSSR count). The van der Waals surface area contributed by atoms with Crippen LogP contribution in [0, 0.1) is 0 Å². The largest absolute Gasteiger partial charge is 0.481 e. The fourth-order valence-corrected chi connectivity index (χ4v) is 2.15. The summed E-state index contributed by atoms with van der Waals surface area (Å²) in [5.74, 6) is -1.20. The maximum Gasteiger partial charge on any atom is 0.306 e. The molecule has 6 heteroatoms. The normalized spacial score (nSPS) is 21.3. The molecule has 22 heavy (non-hydrogen) atoms. The quantitative estimate of drug-likeness (QED) is 0.615. The van der Waals surface area contributed by atoms with Gasteiger partial charge in [-0.2, -0.15) is 0 Å². The van der Waals surface area contributed by atoms with Gasteiger partial charge in [0.15, 0.2) is 6.29 Å². The van der Waals surface area contributed by atoms with Crippen molar-refractivity contribution in [3.63, 3.8) is 0 Å². The molecule has 0 spiro atoms. The molecular formula is C16H20O6. The van der Waals surface area contributed by atoms with Crippen molar-refractivity contribution < 1.29 is 28.9 Å². The molecule has 1 heterocycles. The van der Waals surface area contributed by atoms with Gasteiger partial charge in [0.2, 0.25) is 0 Å². The number of benzene rings is 1. The number of aliphatic carboxylic acids is 1.